The summed E-state index contributed by atoms with van der Waals surface area (Å²) in [5.41, 5.74) is 0.528. The maximum Gasteiger partial charge on any atom is 0.411 e. The molecule has 0 aliphatic heterocycles. The Kier molecular flexibility index (Phi) is 2.91. The van der Waals surface area contributed by atoms with E-state index in [1.807, 2.05) is 35.6 Å². The average Bonchev–Trinajstić information content (AvgIpc) is 2.75. The molecule has 6 nitrogen and oxygen atoms in total. The molecule has 0 spiro atoms. The smallest absolute Gasteiger partial charge is 0.411 e. The molecule has 1 aromatic heterocycles. The molecule has 2 aromatic carbocycles. The van der Waals surface area contributed by atoms with Gasteiger partial charge in [-0.25, -0.2) is 4.79 Å². The van der Waals surface area contributed by atoms with Gasteiger partial charge in [0.15, 0.2) is 5.76 Å². The number of aromatic hydroxyl groups is 2. The van der Waals surface area contributed by atoms with Crippen molar-refractivity contribution in [3.63, 3.8) is 0 Å². The Morgan fingerprint density at radius 2 is 1.71 bits per heavy atom. The molecule has 6 heteroatoms. The topological polar surface area (TPSA) is 103 Å². The summed E-state index contributed by atoms with van der Waals surface area (Å²) < 4.78 is 5.20. The van der Waals surface area contributed by atoms with E-state index in [1.54, 1.807) is 12.1 Å². The molecule has 0 bridgehead atoms. The van der Waals surface area contributed by atoms with Crippen LogP contribution in [0.3, 0.4) is 0 Å². The molecule has 0 aliphatic carbocycles. The number of amides is 1. The van der Waals surface area contributed by atoms with E-state index in [9.17, 15) is 15.0 Å². The summed E-state index contributed by atoms with van der Waals surface area (Å²) in [7, 11) is 0. The SMILES string of the molecule is O=C(O)Nc1oc(-c2ccc3ccccc3c2)c(O)c1O. The van der Waals surface area contributed by atoms with Gasteiger partial charge in [0.05, 0.1) is 0 Å². The highest BCUT2D eigenvalue weighted by atomic mass is 16.4. The van der Waals surface area contributed by atoms with Crippen molar-refractivity contribution in [1.29, 1.82) is 0 Å². The van der Waals surface area contributed by atoms with E-state index in [0.717, 1.165) is 10.8 Å². The first-order chi connectivity index (χ1) is 10.1. The zero-order valence-electron chi connectivity index (χ0n) is 10.7. The van der Waals surface area contributed by atoms with E-state index in [-0.39, 0.29) is 5.76 Å². The van der Waals surface area contributed by atoms with Gasteiger partial charge in [0.2, 0.25) is 17.4 Å². The minimum Gasteiger partial charge on any atom is -0.502 e. The molecule has 0 atom stereocenters. The molecule has 1 heterocycles. The van der Waals surface area contributed by atoms with Gasteiger partial charge in [-0.1, -0.05) is 36.4 Å². The summed E-state index contributed by atoms with van der Waals surface area (Å²) in [5, 5.41) is 32.0. The van der Waals surface area contributed by atoms with Gasteiger partial charge in [-0.2, -0.15) is 0 Å². The van der Waals surface area contributed by atoms with Crippen LogP contribution in [-0.4, -0.2) is 21.4 Å². The van der Waals surface area contributed by atoms with Crippen molar-refractivity contribution in [2.75, 3.05) is 5.32 Å². The van der Waals surface area contributed by atoms with Crippen molar-refractivity contribution >= 4 is 22.7 Å². The number of nitrogens with one attached hydrogen (secondary N) is 1. The van der Waals surface area contributed by atoms with Gasteiger partial charge in [-0.3, -0.25) is 5.32 Å². The van der Waals surface area contributed by atoms with Crippen molar-refractivity contribution in [2.24, 2.45) is 0 Å². The van der Waals surface area contributed by atoms with Crippen LogP contribution in [0.2, 0.25) is 0 Å². The Morgan fingerprint density at radius 1 is 1.00 bits per heavy atom. The quantitative estimate of drug-likeness (QED) is 0.576. The van der Waals surface area contributed by atoms with E-state index < -0.39 is 23.5 Å². The lowest BCUT2D eigenvalue weighted by Gasteiger charge is -2.01. The minimum absolute atomic E-state index is 0.00185. The second-order valence-corrected chi connectivity index (χ2v) is 4.45. The fourth-order valence-corrected chi connectivity index (χ4v) is 2.12. The van der Waals surface area contributed by atoms with Gasteiger partial charge in [-0.05, 0) is 16.8 Å². The lowest BCUT2D eigenvalue weighted by molar-refractivity contribution is 0.209. The van der Waals surface area contributed by atoms with E-state index >= 15 is 0 Å². The van der Waals surface area contributed by atoms with Crippen LogP contribution in [-0.2, 0) is 0 Å². The zero-order valence-corrected chi connectivity index (χ0v) is 10.7. The number of benzene rings is 2. The second kappa shape index (κ2) is 4.75. The predicted molar refractivity (Wildman–Crippen MR) is 76.6 cm³/mol. The molecule has 0 aliphatic rings. The first-order valence-corrected chi connectivity index (χ1v) is 6.10. The largest absolute Gasteiger partial charge is 0.502 e. The number of furan rings is 1. The highest BCUT2D eigenvalue weighted by Crippen LogP contribution is 2.45. The van der Waals surface area contributed by atoms with Gasteiger partial charge in [0.1, 0.15) is 0 Å². The van der Waals surface area contributed by atoms with Crippen LogP contribution in [0.15, 0.2) is 46.9 Å². The lowest BCUT2D eigenvalue weighted by Crippen LogP contribution is -2.06. The van der Waals surface area contributed by atoms with Crippen molar-refractivity contribution in [2.45, 2.75) is 0 Å². The lowest BCUT2D eigenvalue weighted by atomic mass is 10.1. The van der Waals surface area contributed by atoms with Crippen molar-refractivity contribution in [3.05, 3.63) is 42.5 Å². The summed E-state index contributed by atoms with van der Waals surface area (Å²) in [6.45, 7) is 0. The van der Waals surface area contributed by atoms with Gasteiger partial charge in [0.25, 0.3) is 0 Å². The molecule has 106 valence electrons. The van der Waals surface area contributed by atoms with Crippen molar-refractivity contribution in [1.82, 2.24) is 0 Å². The number of hydrogen-bond donors (Lipinski definition) is 4. The summed E-state index contributed by atoms with van der Waals surface area (Å²) in [5.74, 6) is -1.56. The van der Waals surface area contributed by atoms with Crippen molar-refractivity contribution in [3.8, 4) is 22.8 Å². The Morgan fingerprint density at radius 3 is 2.43 bits per heavy atom. The van der Waals surface area contributed by atoms with Crippen LogP contribution < -0.4 is 5.32 Å². The van der Waals surface area contributed by atoms with Crippen LogP contribution in [0.5, 0.6) is 11.5 Å². The van der Waals surface area contributed by atoms with E-state index in [2.05, 4.69) is 0 Å². The fraction of sp³-hybridized carbons (Fsp3) is 0. The molecule has 0 radical (unpaired) electrons. The molecular formula is C15H11NO5. The predicted octanol–water partition coefficient (Wildman–Crippen LogP) is 3.60. The third-order valence-corrected chi connectivity index (χ3v) is 3.09. The summed E-state index contributed by atoms with van der Waals surface area (Å²) in [4.78, 5) is 10.6. The average molecular weight is 285 g/mol. The number of hydrogen-bond acceptors (Lipinski definition) is 4. The molecule has 0 unspecified atom stereocenters. The summed E-state index contributed by atoms with van der Waals surface area (Å²) in [6, 6.07) is 13.0. The van der Waals surface area contributed by atoms with Gasteiger partial charge in [-0.15, -0.1) is 0 Å². The molecule has 4 N–H and O–H groups in total. The van der Waals surface area contributed by atoms with Crippen LogP contribution in [0.25, 0.3) is 22.1 Å². The van der Waals surface area contributed by atoms with Crippen LogP contribution in [0.1, 0.15) is 0 Å². The zero-order chi connectivity index (χ0) is 15.0. The molecule has 3 rings (SSSR count). The Balaban J connectivity index is 2.11. The molecular weight excluding hydrogens is 274 g/mol. The summed E-state index contributed by atoms with van der Waals surface area (Å²) in [6.07, 6.45) is -1.40. The standard InChI is InChI=1S/C15H11NO5/c17-11-12(18)14(16-15(19)20)21-13(11)10-6-5-8-3-1-2-4-9(8)7-10/h1-7,16-18H,(H,19,20). The maximum absolute atomic E-state index is 10.6. The first kappa shape index (κ1) is 12.9. The molecule has 3 aromatic rings. The van der Waals surface area contributed by atoms with E-state index in [1.165, 1.54) is 0 Å². The fourth-order valence-electron chi connectivity index (χ4n) is 2.12. The third kappa shape index (κ3) is 2.23. The normalized spacial score (nSPS) is 10.7. The van der Waals surface area contributed by atoms with Crippen LogP contribution >= 0.6 is 0 Å². The monoisotopic (exact) mass is 285 g/mol. The number of fused-ring (bicyclic) bond motifs is 1. The second-order valence-electron chi connectivity index (χ2n) is 4.45. The van der Waals surface area contributed by atoms with E-state index in [0.29, 0.717) is 5.56 Å². The molecule has 0 fully saturated rings. The Labute approximate surface area is 118 Å². The Hall–Kier alpha value is -3.15. The summed E-state index contributed by atoms with van der Waals surface area (Å²) >= 11 is 0. The van der Waals surface area contributed by atoms with Crippen LogP contribution in [0, 0.1) is 0 Å². The third-order valence-electron chi connectivity index (χ3n) is 3.09. The number of rotatable bonds is 2. The van der Waals surface area contributed by atoms with Crippen molar-refractivity contribution < 1.29 is 24.5 Å². The molecule has 21 heavy (non-hydrogen) atoms. The Bertz CT molecular complexity index is 837. The maximum atomic E-state index is 10.6. The van der Waals surface area contributed by atoms with Crippen LogP contribution in [0.4, 0.5) is 10.7 Å². The number of carbonyl (C=O) groups is 1. The van der Waals surface area contributed by atoms with Gasteiger partial charge < -0.3 is 19.7 Å². The number of carboxylic acid groups (broad SMARTS) is 1. The number of anilines is 1. The first-order valence-electron chi connectivity index (χ1n) is 6.10. The molecule has 0 saturated heterocycles. The highest BCUT2D eigenvalue weighted by Gasteiger charge is 2.22. The van der Waals surface area contributed by atoms with E-state index in [4.69, 9.17) is 9.52 Å². The molecule has 1 amide bonds. The minimum atomic E-state index is -1.40. The van der Waals surface area contributed by atoms with Gasteiger partial charge >= 0.3 is 6.09 Å². The molecule has 0 saturated carbocycles. The van der Waals surface area contributed by atoms with Gasteiger partial charge in [0, 0.05) is 5.56 Å². The highest BCUT2D eigenvalue weighted by molar-refractivity contribution is 5.90.